The van der Waals surface area contributed by atoms with Crippen LogP contribution in [0.25, 0.3) is 5.69 Å². The van der Waals surface area contributed by atoms with Crippen molar-refractivity contribution in [3.8, 4) is 5.69 Å². The number of likely N-dealkylation sites (tertiary alicyclic amines) is 1. The molecule has 4 rings (SSSR count). The SMILES string of the molecule is O=C(NC1CCN(C(=O)c2cn(-c3ccc(Cl)cc3)nn2)CC1)c1ccccc1F. The van der Waals surface area contributed by atoms with Crippen LogP contribution in [0.5, 0.6) is 0 Å². The average Bonchev–Trinajstić information content (AvgIpc) is 3.25. The Bertz CT molecular complexity index is 1060. The number of hydrogen-bond acceptors (Lipinski definition) is 4. The Hall–Kier alpha value is -3.26. The summed E-state index contributed by atoms with van der Waals surface area (Å²) in [6.07, 6.45) is 2.74. The Kier molecular flexibility index (Phi) is 5.76. The Labute approximate surface area is 177 Å². The third kappa shape index (κ3) is 4.33. The van der Waals surface area contributed by atoms with E-state index in [4.69, 9.17) is 11.6 Å². The van der Waals surface area contributed by atoms with Crippen LogP contribution in [0.15, 0.2) is 54.7 Å². The number of nitrogens with one attached hydrogen (secondary N) is 1. The molecule has 1 saturated heterocycles. The molecule has 2 heterocycles. The number of piperidine rings is 1. The van der Waals surface area contributed by atoms with Crippen LogP contribution in [0, 0.1) is 5.82 Å². The molecule has 2 amide bonds. The van der Waals surface area contributed by atoms with E-state index in [9.17, 15) is 14.0 Å². The van der Waals surface area contributed by atoms with Gasteiger partial charge in [-0.1, -0.05) is 28.9 Å². The fraction of sp³-hybridized carbons (Fsp3) is 0.238. The summed E-state index contributed by atoms with van der Waals surface area (Å²) in [6.45, 7) is 0.934. The van der Waals surface area contributed by atoms with Crippen molar-refractivity contribution >= 4 is 23.4 Å². The van der Waals surface area contributed by atoms with Crippen molar-refractivity contribution in [1.29, 1.82) is 0 Å². The zero-order chi connectivity index (χ0) is 21.1. The molecule has 1 aliphatic heterocycles. The van der Waals surface area contributed by atoms with Crippen LogP contribution in [0.1, 0.15) is 33.7 Å². The van der Waals surface area contributed by atoms with Gasteiger partial charge in [0.1, 0.15) is 5.82 Å². The van der Waals surface area contributed by atoms with Gasteiger partial charge in [0.2, 0.25) is 0 Å². The largest absolute Gasteiger partial charge is 0.349 e. The van der Waals surface area contributed by atoms with Gasteiger partial charge < -0.3 is 10.2 Å². The van der Waals surface area contributed by atoms with Gasteiger partial charge in [0.25, 0.3) is 11.8 Å². The molecule has 0 aliphatic carbocycles. The molecule has 1 aromatic heterocycles. The molecular weight excluding hydrogens is 409 g/mol. The van der Waals surface area contributed by atoms with Crippen molar-refractivity contribution in [2.45, 2.75) is 18.9 Å². The number of benzene rings is 2. The van der Waals surface area contributed by atoms with Crippen molar-refractivity contribution < 1.29 is 14.0 Å². The van der Waals surface area contributed by atoms with Crippen molar-refractivity contribution in [2.24, 2.45) is 0 Å². The van der Waals surface area contributed by atoms with Crippen molar-refractivity contribution in [1.82, 2.24) is 25.2 Å². The maximum absolute atomic E-state index is 13.8. The van der Waals surface area contributed by atoms with Gasteiger partial charge >= 0.3 is 0 Å². The van der Waals surface area contributed by atoms with Crippen LogP contribution in [0.4, 0.5) is 4.39 Å². The molecule has 1 aliphatic rings. The van der Waals surface area contributed by atoms with Gasteiger partial charge in [0.05, 0.1) is 17.4 Å². The van der Waals surface area contributed by atoms with Gasteiger partial charge in [0, 0.05) is 24.2 Å². The Morgan fingerprint density at radius 3 is 2.47 bits per heavy atom. The van der Waals surface area contributed by atoms with E-state index in [1.54, 1.807) is 47.5 Å². The molecule has 0 unspecified atom stereocenters. The molecule has 0 saturated carbocycles. The van der Waals surface area contributed by atoms with Crippen LogP contribution in [-0.2, 0) is 0 Å². The molecule has 1 fully saturated rings. The van der Waals surface area contributed by atoms with Crippen molar-refractivity contribution in [3.05, 3.63) is 76.8 Å². The van der Waals surface area contributed by atoms with Gasteiger partial charge in [-0.05, 0) is 49.2 Å². The first-order valence-corrected chi connectivity index (χ1v) is 9.92. The molecule has 0 spiro atoms. The second-order valence-electron chi connectivity index (χ2n) is 7.04. The minimum Gasteiger partial charge on any atom is -0.349 e. The monoisotopic (exact) mass is 427 g/mol. The molecule has 2 aromatic carbocycles. The van der Waals surface area contributed by atoms with E-state index in [0.29, 0.717) is 31.0 Å². The lowest BCUT2D eigenvalue weighted by Crippen LogP contribution is -2.46. The number of carbonyl (C=O) groups is 2. The van der Waals surface area contributed by atoms with E-state index in [2.05, 4.69) is 15.6 Å². The molecule has 3 aromatic rings. The first kappa shape index (κ1) is 20.0. The highest BCUT2D eigenvalue weighted by Crippen LogP contribution is 2.16. The van der Waals surface area contributed by atoms with Gasteiger partial charge in [-0.2, -0.15) is 0 Å². The van der Waals surface area contributed by atoms with E-state index in [1.165, 1.54) is 16.8 Å². The van der Waals surface area contributed by atoms with Gasteiger partial charge in [-0.25, -0.2) is 9.07 Å². The summed E-state index contributed by atoms with van der Waals surface area (Å²) in [7, 11) is 0. The molecule has 154 valence electrons. The van der Waals surface area contributed by atoms with Crippen LogP contribution in [0.2, 0.25) is 5.02 Å². The predicted molar refractivity (Wildman–Crippen MR) is 109 cm³/mol. The van der Waals surface area contributed by atoms with E-state index in [1.807, 2.05) is 0 Å². The number of rotatable bonds is 4. The van der Waals surface area contributed by atoms with Crippen LogP contribution >= 0.6 is 11.6 Å². The second kappa shape index (κ2) is 8.62. The van der Waals surface area contributed by atoms with E-state index in [0.717, 1.165) is 5.69 Å². The van der Waals surface area contributed by atoms with Gasteiger partial charge in [0.15, 0.2) is 5.69 Å². The molecule has 30 heavy (non-hydrogen) atoms. The normalized spacial score (nSPS) is 14.5. The highest BCUT2D eigenvalue weighted by molar-refractivity contribution is 6.30. The van der Waals surface area contributed by atoms with Crippen molar-refractivity contribution in [2.75, 3.05) is 13.1 Å². The number of amides is 2. The lowest BCUT2D eigenvalue weighted by atomic mass is 10.0. The Morgan fingerprint density at radius 1 is 1.07 bits per heavy atom. The number of hydrogen-bond donors (Lipinski definition) is 1. The Balaban J connectivity index is 1.34. The zero-order valence-corrected chi connectivity index (χ0v) is 16.7. The maximum atomic E-state index is 13.8. The summed E-state index contributed by atoms with van der Waals surface area (Å²) in [5.41, 5.74) is 1.02. The Morgan fingerprint density at radius 2 is 1.77 bits per heavy atom. The van der Waals surface area contributed by atoms with Crippen LogP contribution < -0.4 is 5.32 Å². The molecular formula is C21H19ClFN5O2. The average molecular weight is 428 g/mol. The summed E-state index contributed by atoms with van der Waals surface area (Å²) in [5, 5.41) is 11.5. The molecule has 9 heteroatoms. The quantitative estimate of drug-likeness (QED) is 0.693. The predicted octanol–water partition coefficient (Wildman–Crippen LogP) is 3.09. The van der Waals surface area contributed by atoms with Gasteiger partial charge in [-0.3, -0.25) is 9.59 Å². The second-order valence-corrected chi connectivity index (χ2v) is 7.48. The van der Waals surface area contributed by atoms with Crippen molar-refractivity contribution in [3.63, 3.8) is 0 Å². The molecule has 7 nitrogen and oxygen atoms in total. The summed E-state index contributed by atoms with van der Waals surface area (Å²) in [6, 6.07) is 12.8. The fourth-order valence-corrected chi connectivity index (χ4v) is 3.51. The summed E-state index contributed by atoms with van der Waals surface area (Å²) < 4.78 is 15.3. The van der Waals surface area contributed by atoms with Gasteiger partial charge in [-0.15, -0.1) is 5.10 Å². The lowest BCUT2D eigenvalue weighted by Gasteiger charge is -2.31. The first-order valence-electron chi connectivity index (χ1n) is 9.54. The highest BCUT2D eigenvalue weighted by Gasteiger charge is 2.27. The molecule has 0 atom stereocenters. The number of aromatic nitrogens is 3. The molecule has 1 N–H and O–H groups in total. The van der Waals surface area contributed by atoms with Crippen LogP contribution in [-0.4, -0.2) is 50.8 Å². The summed E-state index contributed by atoms with van der Waals surface area (Å²) in [4.78, 5) is 26.7. The van der Waals surface area contributed by atoms with E-state index < -0.39 is 11.7 Å². The number of halogens is 2. The lowest BCUT2D eigenvalue weighted by molar-refractivity contribution is 0.0692. The van der Waals surface area contributed by atoms with Crippen LogP contribution in [0.3, 0.4) is 0 Å². The molecule has 0 radical (unpaired) electrons. The molecule has 0 bridgehead atoms. The fourth-order valence-electron chi connectivity index (χ4n) is 3.38. The zero-order valence-electron chi connectivity index (χ0n) is 16.0. The summed E-state index contributed by atoms with van der Waals surface area (Å²) >= 11 is 5.89. The first-order chi connectivity index (χ1) is 14.5. The minimum absolute atomic E-state index is 0.0230. The smallest absolute Gasteiger partial charge is 0.276 e. The highest BCUT2D eigenvalue weighted by atomic mass is 35.5. The number of carbonyl (C=O) groups excluding carboxylic acids is 2. The third-order valence-corrected chi connectivity index (χ3v) is 5.29. The number of nitrogens with zero attached hydrogens (tertiary/aromatic N) is 4. The van der Waals surface area contributed by atoms with E-state index >= 15 is 0 Å². The minimum atomic E-state index is -0.550. The summed E-state index contributed by atoms with van der Waals surface area (Å²) in [5.74, 6) is -1.20. The maximum Gasteiger partial charge on any atom is 0.276 e. The topological polar surface area (TPSA) is 80.1 Å². The third-order valence-electron chi connectivity index (χ3n) is 5.04. The standard InChI is InChI=1S/C21H19ClFN5O2/c22-14-5-7-16(8-6-14)28-13-19(25-26-28)21(30)27-11-9-15(10-12-27)24-20(29)17-3-1-2-4-18(17)23/h1-8,13,15H,9-12H2,(H,24,29). The van der Waals surface area contributed by atoms with E-state index in [-0.39, 0.29) is 23.2 Å².